The maximum Gasteiger partial charge on any atom is 0.417 e. The van der Waals surface area contributed by atoms with E-state index in [1.54, 1.807) is 0 Å². The molecule has 1 aromatic carbocycles. The third kappa shape index (κ3) is 4.13. The molecule has 2 saturated heterocycles. The van der Waals surface area contributed by atoms with Gasteiger partial charge in [0.05, 0.1) is 23.8 Å². The molecule has 3 atom stereocenters. The molecule has 0 saturated carbocycles. The van der Waals surface area contributed by atoms with Crippen LogP contribution in [0.2, 0.25) is 0 Å². The van der Waals surface area contributed by atoms with Crippen molar-refractivity contribution in [3.63, 3.8) is 0 Å². The lowest BCUT2D eigenvalue weighted by Crippen LogP contribution is -2.46. The number of nitrogens with zero attached hydrogens (tertiary/aromatic N) is 1. The summed E-state index contributed by atoms with van der Waals surface area (Å²) in [4.78, 5) is 14.5. The zero-order chi connectivity index (χ0) is 18.0. The number of aliphatic hydroxyl groups is 1. The van der Waals surface area contributed by atoms with Gasteiger partial charge in [-0.3, -0.25) is 9.69 Å². The number of rotatable bonds is 4. The molecule has 0 spiro atoms. The van der Waals surface area contributed by atoms with E-state index in [9.17, 15) is 18.0 Å². The Morgan fingerprint density at radius 3 is 2.80 bits per heavy atom. The molecule has 25 heavy (non-hydrogen) atoms. The summed E-state index contributed by atoms with van der Waals surface area (Å²) in [7, 11) is 0. The van der Waals surface area contributed by atoms with Gasteiger partial charge in [-0.15, -0.1) is 0 Å². The number of fused-ring (bicyclic) bond motifs is 1. The summed E-state index contributed by atoms with van der Waals surface area (Å²) >= 11 is 0. The number of alkyl halides is 3. The van der Waals surface area contributed by atoms with Crippen molar-refractivity contribution in [2.45, 2.75) is 37.2 Å². The molecule has 2 fully saturated rings. The average Bonchev–Trinajstić information content (AvgIpc) is 2.96. The highest BCUT2D eigenvalue weighted by molar-refractivity contribution is 5.96. The highest BCUT2D eigenvalue weighted by atomic mass is 19.4. The molecule has 2 N–H and O–H groups in total. The van der Waals surface area contributed by atoms with Crippen molar-refractivity contribution in [1.29, 1.82) is 0 Å². The first-order valence-corrected chi connectivity index (χ1v) is 8.32. The maximum atomic E-state index is 13.1. The SMILES string of the molecule is O=C(N[C@H]1C[C@H]2CO[C@@H](CCO)CN2C1)c1ccccc1C(F)(F)F. The van der Waals surface area contributed by atoms with Gasteiger partial charge < -0.3 is 15.2 Å². The van der Waals surface area contributed by atoms with Crippen molar-refractivity contribution >= 4 is 5.91 Å². The van der Waals surface area contributed by atoms with Crippen molar-refractivity contribution in [3.8, 4) is 0 Å². The van der Waals surface area contributed by atoms with Gasteiger partial charge in [0.2, 0.25) is 0 Å². The molecule has 0 aliphatic carbocycles. The molecule has 0 radical (unpaired) electrons. The van der Waals surface area contributed by atoms with Crippen LogP contribution < -0.4 is 5.32 Å². The van der Waals surface area contributed by atoms with Crippen molar-refractivity contribution in [2.24, 2.45) is 0 Å². The first-order valence-electron chi connectivity index (χ1n) is 8.32. The van der Waals surface area contributed by atoms with Gasteiger partial charge in [0.15, 0.2) is 0 Å². The van der Waals surface area contributed by atoms with E-state index in [2.05, 4.69) is 10.2 Å². The molecule has 2 aliphatic heterocycles. The first kappa shape index (κ1) is 18.2. The number of benzene rings is 1. The van der Waals surface area contributed by atoms with Crippen molar-refractivity contribution < 1.29 is 27.8 Å². The average molecular weight is 358 g/mol. The highest BCUT2D eigenvalue weighted by Crippen LogP contribution is 2.32. The van der Waals surface area contributed by atoms with Crippen LogP contribution in [0.3, 0.4) is 0 Å². The molecule has 3 rings (SSSR count). The van der Waals surface area contributed by atoms with Crippen LogP contribution in [0.5, 0.6) is 0 Å². The van der Waals surface area contributed by atoms with Crippen LogP contribution in [0.25, 0.3) is 0 Å². The number of amides is 1. The van der Waals surface area contributed by atoms with E-state index in [4.69, 9.17) is 9.84 Å². The molecule has 0 bridgehead atoms. The second-order valence-corrected chi connectivity index (χ2v) is 6.52. The lowest BCUT2D eigenvalue weighted by molar-refractivity contribution is -0.137. The Labute approximate surface area is 143 Å². The number of hydrogen-bond acceptors (Lipinski definition) is 4. The van der Waals surface area contributed by atoms with Crippen LogP contribution in [-0.4, -0.2) is 60.4 Å². The zero-order valence-corrected chi connectivity index (χ0v) is 13.6. The molecular formula is C17H21F3N2O3. The molecule has 0 unspecified atom stereocenters. The summed E-state index contributed by atoms with van der Waals surface area (Å²) in [6.07, 6.45) is -3.40. The van der Waals surface area contributed by atoms with Gasteiger partial charge in [0.1, 0.15) is 0 Å². The maximum absolute atomic E-state index is 13.1. The van der Waals surface area contributed by atoms with Gasteiger partial charge in [-0.2, -0.15) is 13.2 Å². The molecular weight excluding hydrogens is 337 g/mol. The summed E-state index contributed by atoms with van der Waals surface area (Å²) in [5.74, 6) is -0.703. The largest absolute Gasteiger partial charge is 0.417 e. The molecule has 2 heterocycles. The number of carbonyl (C=O) groups excluding carboxylic acids is 1. The summed E-state index contributed by atoms with van der Waals surface area (Å²) in [6, 6.07) is 4.75. The van der Waals surface area contributed by atoms with Gasteiger partial charge in [-0.1, -0.05) is 12.1 Å². The fourth-order valence-corrected chi connectivity index (χ4v) is 3.56. The monoisotopic (exact) mass is 358 g/mol. The highest BCUT2D eigenvalue weighted by Gasteiger charge is 2.39. The Kier molecular flexibility index (Phi) is 5.31. The Bertz CT molecular complexity index is 623. The minimum atomic E-state index is -4.56. The van der Waals surface area contributed by atoms with Crippen molar-refractivity contribution in [2.75, 3.05) is 26.3 Å². The minimum Gasteiger partial charge on any atom is -0.396 e. The van der Waals surface area contributed by atoms with E-state index in [1.807, 2.05) is 0 Å². The Morgan fingerprint density at radius 1 is 1.32 bits per heavy atom. The lowest BCUT2D eigenvalue weighted by Gasteiger charge is -2.34. The second-order valence-electron chi connectivity index (χ2n) is 6.52. The number of carbonyl (C=O) groups is 1. The fraction of sp³-hybridized carbons (Fsp3) is 0.588. The fourth-order valence-electron chi connectivity index (χ4n) is 3.56. The Hall–Kier alpha value is -1.64. The quantitative estimate of drug-likeness (QED) is 0.859. The summed E-state index contributed by atoms with van der Waals surface area (Å²) in [5, 5.41) is 11.7. The van der Waals surface area contributed by atoms with Crippen LogP contribution in [0.15, 0.2) is 24.3 Å². The van der Waals surface area contributed by atoms with Gasteiger partial charge in [-0.25, -0.2) is 0 Å². The number of hydrogen-bond donors (Lipinski definition) is 2. The zero-order valence-electron chi connectivity index (χ0n) is 13.6. The van der Waals surface area contributed by atoms with Gasteiger partial charge in [-0.05, 0) is 25.0 Å². The Balaban J connectivity index is 1.64. The van der Waals surface area contributed by atoms with Crippen LogP contribution in [-0.2, 0) is 10.9 Å². The molecule has 8 heteroatoms. The molecule has 2 aliphatic rings. The third-order valence-corrected chi connectivity index (χ3v) is 4.75. The minimum absolute atomic E-state index is 0.0401. The van der Waals surface area contributed by atoms with Crippen LogP contribution in [0, 0.1) is 0 Å². The van der Waals surface area contributed by atoms with Crippen molar-refractivity contribution in [1.82, 2.24) is 10.2 Å². The standard InChI is InChI=1S/C17H21F3N2O3/c18-17(19,20)15-4-2-1-3-14(15)16(24)21-11-7-12-10-25-13(5-6-23)9-22(12)8-11/h1-4,11-13,23H,5-10H2,(H,21,24)/t11-,12-,13-/m0/s1. The number of ether oxygens (including phenoxy) is 1. The van der Waals surface area contributed by atoms with E-state index in [1.165, 1.54) is 18.2 Å². The summed E-state index contributed by atoms with van der Waals surface area (Å²) in [6.45, 7) is 1.81. The molecule has 1 amide bonds. The molecule has 5 nitrogen and oxygen atoms in total. The summed E-state index contributed by atoms with van der Waals surface area (Å²) in [5.41, 5.74) is -1.27. The van der Waals surface area contributed by atoms with Crippen LogP contribution in [0.4, 0.5) is 13.2 Å². The summed E-state index contributed by atoms with van der Waals surface area (Å²) < 4.78 is 44.8. The smallest absolute Gasteiger partial charge is 0.396 e. The molecule has 1 aromatic rings. The van der Waals surface area contributed by atoms with E-state index in [-0.39, 0.29) is 30.4 Å². The third-order valence-electron chi connectivity index (χ3n) is 4.75. The van der Waals surface area contributed by atoms with Gasteiger partial charge >= 0.3 is 6.18 Å². The number of halogens is 3. The Morgan fingerprint density at radius 2 is 2.08 bits per heavy atom. The normalized spacial score (nSPS) is 27.1. The predicted molar refractivity (Wildman–Crippen MR) is 84.1 cm³/mol. The van der Waals surface area contributed by atoms with E-state index >= 15 is 0 Å². The number of aliphatic hydroxyl groups excluding tert-OH is 1. The molecule has 138 valence electrons. The lowest BCUT2D eigenvalue weighted by atomic mass is 10.1. The van der Waals surface area contributed by atoms with Crippen molar-refractivity contribution in [3.05, 3.63) is 35.4 Å². The van der Waals surface area contributed by atoms with Gasteiger partial charge in [0, 0.05) is 31.8 Å². The van der Waals surface area contributed by atoms with Crippen LogP contribution >= 0.6 is 0 Å². The van der Waals surface area contributed by atoms with E-state index < -0.39 is 17.6 Å². The topological polar surface area (TPSA) is 61.8 Å². The van der Waals surface area contributed by atoms with E-state index in [0.29, 0.717) is 32.5 Å². The van der Waals surface area contributed by atoms with E-state index in [0.717, 1.165) is 6.07 Å². The first-order chi connectivity index (χ1) is 11.9. The number of nitrogens with one attached hydrogen (secondary N) is 1. The predicted octanol–water partition coefficient (Wildman–Crippen LogP) is 1.66. The number of morpholine rings is 1. The van der Waals surface area contributed by atoms with Gasteiger partial charge in [0.25, 0.3) is 5.91 Å². The second kappa shape index (κ2) is 7.31. The molecule has 0 aromatic heterocycles. The van der Waals surface area contributed by atoms with Crippen LogP contribution in [0.1, 0.15) is 28.8 Å².